The Bertz CT molecular complexity index is 1060. The Morgan fingerprint density at radius 1 is 1.07 bits per heavy atom. The third-order valence-electron chi connectivity index (χ3n) is 4.33. The largest absolute Gasteiger partial charge is 0.497 e. The number of amidine groups is 1. The molecule has 0 aliphatic carbocycles. The fourth-order valence-electron chi connectivity index (χ4n) is 2.84. The first kappa shape index (κ1) is 18.1. The number of rotatable bonds is 4. The number of hydrogen-bond donors (Lipinski definition) is 1. The first-order valence-corrected chi connectivity index (χ1v) is 9.62. The molecule has 1 aromatic heterocycles. The highest BCUT2D eigenvalue weighted by Gasteiger charge is 2.24. The number of carbonyl (C=O) groups excluding carboxylic acids is 1. The van der Waals surface area contributed by atoms with Crippen LogP contribution in [0.25, 0.3) is 11.8 Å². The van der Waals surface area contributed by atoms with Gasteiger partial charge in [0, 0.05) is 17.6 Å². The minimum absolute atomic E-state index is 0.145. The van der Waals surface area contributed by atoms with Crippen molar-refractivity contribution >= 4 is 34.6 Å². The van der Waals surface area contributed by atoms with Crippen LogP contribution in [-0.2, 0) is 4.79 Å². The maximum atomic E-state index is 12.4. The number of carbonyl (C=O) groups is 1. The number of aryl methyl sites for hydroxylation is 1. The van der Waals surface area contributed by atoms with Gasteiger partial charge in [-0.25, -0.2) is 4.99 Å². The monoisotopic (exact) mass is 389 g/mol. The van der Waals surface area contributed by atoms with Crippen LogP contribution in [0.3, 0.4) is 0 Å². The molecule has 0 bridgehead atoms. The quantitative estimate of drug-likeness (QED) is 0.659. The maximum absolute atomic E-state index is 12.4. The number of ether oxygens (including phenoxy) is 1. The van der Waals surface area contributed by atoms with Crippen LogP contribution in [0, 0.1) is 6.92 Å². The number of hydrogen-bond acceptors (Lipinski definition) is 4. The summed E-state index contributed by atoms with van der Waals surface area (Å²) in [7, 11) is 1.62. The van der Waals surface area contributed by atoms with Crippen LogP contribution in [0.4, 0.5) is 5.69 Å². The van der Waals surface area contributed by atoms with Gasteiger partial charge in [0.2, 0.25) is 0 Å². The molecule has 28 heavy (non-hydrogen) atoms. The highest BCUT2D eigenvalue weighted by atomic mass is 32.2. The van der Waals surface area contributed by atoms with Gasteiger partial charge in [0.15, 0.2) is 5.17 Å². The van der Waals surface area contributed by atoms with E-state index < -0.39 is 0 Å². The van der Waals surface area contributed by atoms with E-state index >= 15 is 0 Å². The molecule has 1 aliphatic heterocycles. The molecule has 1 N–H and O–H groups in total. The molecule has 0 atom stereocenters. The van der Waals surface area contributed by atoms with Crippen molar-refractivity contribution in [2.45, 2.75) is 6.92 Å². The van der Waals surface area contributed by atoms with E-state index in [0.717, 1.165) is 22.8 Å². The van der Waals surface area contributed by atoms with Crippen LogP contribution >= 0.6 is 11.8 Å². The van der Waals surface area contributed by atoms with E-state index in [2.05, 4.69) is 46.1 Å². The average molecular weight is 389 g/mol. The molecule has 1 saturated heterocycles. The van der Waals surface area contributed by atoms with Gasteiger partial charge in [0.05, 0.1) is 17.7 Å². The van der Waals surface area contributed by atoms with E-state index in [1.54, 1.807) is 7.11 Å². The first-order chi connectivity index (χ1) is 13.6. The molecule has 0 radical (unpaired) electrons. The van der Waals surface area contributed by atoms with Gasteiger partial charge in [-0.05, 0) is 73.3 Å². The van der Waals surface area contributed by atoms with E-state index in [4.69, 9.17) is 4.74 Å². The molecule has 5 nitrogen and oxygen atoms in total. The standard InChI is InChI=1S/C22H19N3O2S/c1-15-5-9-17(10-6-15)25-13-3-4-18(25)14-20-21(26)24-22(28-20)23-16-7-11-19(27-2)12-8-16/h3-14H,1-2H3,(H,23,24,26)/b20-14+. The fraction of sp³-hybridized carbons (Fsp3) is 0.0909. The SMILES string of the molecule is COc1ccc(N=C2NC(=O)/C(=C\c3cccn3-c3ccc(C)cc3)S2)cc1. The number of thioether (sulfide) groups is 1. The minimum Gasteiger partial charge on any atom is -0.497 e. The minimum atomic E-state index is -0.145. The molecule has 140 valence electrons. The summed E-state index contributed by atoms with van der Waals surface area (Å²) in [4.78, 5) is 17.5. The normalized spacial score (nSPS) is 16.6. The van der Waals surface area contributed by atoms with E-state index in [0.29, 0.717) is 10.1 Å². The van der Waals surface area contributed by atoms with Crippen LogP contribution in [0.5, 0.6) is 5.75 Å². The van der Waals surface area contributed by atoms with Crippen molar-refractivity contribution in [3.8, 4) is 11.4 Å². The predicted octanol–water partition coefficient (Wildman–Crippen LogP) is 4.69. The highest BCUT2D eigenvalue weighted by Crippen LogP contribution is 2.29. The summed E-state index contributed by atoms with van der Waals surface area (Å²) >= 11 is 1.33. The lowest BCUT2D eigenvalue weighted by Crippen LogP contribution is -2.19. The predicted molar refractivity (Wildman–Crippen MR) is 114 cm³/mol. The molecule has 2 aromatic carbocycles. The van der Waals surface area contributed by atoms with Gasteiger partial charge >= 0.3 is 0 Å². The summed E-state index contributed by atoms with van der Waals surface area (Å²) in [5, 5.41) is 3.39. The second-order valence-electron chi connectivity index (χ2n) is 6.32. The van der Waals surface area contributed by atoms with Crippen molar-refractivity contribution in [3.05, 3.63) is 83.0 Å². The molecule has 1 amide bonds. The lowest BCUT2D eigenvalue weighted by molar-refractivity contribution is -0.115. The smallest absolute Gasteiger partial charge is 0.264 e. The lowest BCUT2D eigenvalue weighted by atomic mass is 10.2. The van der Waals surface area contributed by atoms with Gasteiger partial charge in [-0.15, -0.1) is 0 Å². The zero-order valence-corrected chi connectivity index (χ0v) is 16.4. The van der Waals surface area contributed by atoms with E-state index in [9.17, 15) is 4.79 Å². The fourth-order valence-corrected chi connectivity index (χ4v) is 3.67. The molecular weight excluding hydrogens is 370 g/mol. The van der Waals surface area contributed by atoms with Crippen LogP contribution < -0.4 is 10.1 Å². The Hall–Kier alpha value is -3.25. The van der Waals surface area contributed by atoms with Gasteiger partial charge in [-0.3, -0.25) is 4.79 Å². The molecule has 4 rings (SSSR count). The highest BCUT2D eigenvalue weighted by molar-refractivity contribution is 8.18. The van der Waals surface area contributed by atoms with Crippen molar-refractivity contribution in [2.24, 2.45) is 4.99 Å². The molecule has 1 aliphatic rings. The number of amides is 1. The van der Waals surface area contributed by atoms with Gasteiger partial charge in [0.25, 0.3) is 5.91 Å². The molecule has 0 spiro atoms. The number of nitrogens with one attached hydrogen (secondary N) is 1. The number of aliphatic imine (C=N–C) groups is 1. The van der Waals surface area contributed by atoms with Gasteiger partial charge in [-0.2, -0.15) is 0 Å². The molecule has 0 unspecified atom stereocenters. The summed E-state index contributed by atoms with van der Waals surface area (Å²) in [6, 6.07) is 19.6. The molecule has 0 saturated carbocycles. The Morgan fingerprint density at radius 3 is 2.54 bits per heavy atom. The number of nitrogens with zero attached hydrogens (tertiary/aromatic N) is 2. The Labute approximate surface area is 167 Å². The third-order valence-corrected chi connectivity index (χ3v) is 5.24. The van der Waals surface area contributed by atoms with Crippen LogP contribution in [0.2, 0.25) is 0 Å². The van der Waals surface area contributed by atoms with Crippen molar-refractivity contribution in [1.82, 2.24) is 9.88 Å². The molecule has 6 heteroatoms. The number of benzene rings is 2. The van der Waals surface area contributed by atoms with Crippen molar-refractivity contribution in [1.29, 1.82) is 0 Å². The topological polar surface area (TPSA) is 55.6 Å². The van der Waals surface area contributed by atoms with Crippen molar-refractivity contribution < 1.29 is 9.53 Å². The van der Waals surface area contributed by atoms with Crippen molar-refractivity contribution in [3.63, 3.8) is 0 Å². The zero-order valence-electron chi connectivity index (χ0n) is 15.5. The average Bonchev–Trinajstić information content (AvgIpc) is 3.30. The lowest BCUT2D eigenvalue weighted by Gasteiger charge is -2.07. The second kappa shape index (κ2) is 7.78. The van der Waals surface area contributed by atoms with Crippen LogP contribution in [0.15, 0.2) is 76.8 Å². The van der Waals surface area contributed by atoms with Gasteiger partial charge in [0.1, 0.15) is 5.75 Å². The summed E-state index contributed by atoms with van der Waals surface area (Å²) in [5.41, 5.74) is 3.96. The Morgan fingerprint density at radius 2 is 1.82 bits per heavy atom. The van der Waals surface area contributed by atoms with E-state index in [1.807, 2.05) is 48.7 Å². The zero-order chi connectivity index (χ0) is 19.5. The van der Waals surface area contributed by atoms with Crippen LogP contribution in [0.1, 0.15) is 11.3 Å². The van der Waals surface area contributed by atoms with E-state index in [1.165, 1.54) is 17.3 Å². The summed E-state index contributed by atoms with van der Waals surface area (Å²) in [6.45, 7) is 2.06. The van der Waals surface area contributed by atoms with Gasteiger partial charge < -0.3 is 14.6 Å². The molecule has 1 fully saturated rings. The Kier molecular flexibility index (Phi) is 5.04. The number of methoxy groups -OCH3 is 1. The van der Waals surface area contributed by atoms with Crippen molar-refractivity contribution in [2.75, 3.05) is 7.11 Å². The number of aromatic nitrogens is 1. The first-order valence-electron chi connectivity index (χ1n) is 8.80. The summed E-state index contributed by atoms with van der Waals surface area (Å²) < 4.78 is 7.21. The Balaban J connectivity index is 1.58. The third kappa shape index (κ3) is 3.87. The summed E-state index contributed by atoms with van der Waals surface area (Å²) in [6.07, 6.45) is 3.87. The van der Waals surface area contributed by atoms with Gasteiger partial charge in [-0.1, -0.05) is 17.7 Å². The maximum Gasteiger partial charge on any atom is 0.264 e. The van der Waals surface area contributed by atoms with E-state index in [-0.39, 0.29) is 5.91 Å². The molecular formula is C22H19N3O2S. The molecule has 2 heterocycles. The second-order valence-corrected chi connectivity index (χ2v) is 7.35. The van der Waals surface area contributed by atoms with Crippen LogP contribution in [-0.4, -0.2) is 22.8 Å². The molecule has 3 aromatic rings. The summed E-state index contributed by atoms with van der Waals surface area (Å²) in [5.74, 6) is 0.624.